The summed E-state index contributed by atoms with van der Waals surface area (Å²) in [4.78, 5) is 27.0. The third kappa shape index (κ3) is 2.19. The molecule has 5 heteroatoms. The number of hydrogen-bond donors (Lipinski definition) is 1. The van der Waals surface area contributed by atoms with Crippen molar-refractivity contribution in [1.82, 2.24) is 15.1 Å². The molecular formula is C11H19N3O2. The molecular weight excluding hydrogens is 206 g/mol. The Balaban J connectivity index is 1.93. The first kappa shape index (κ1) is 11.4. The lowest BCUT2D eigenvalue weighted by molar-refractivity contribution is -0.128. The molecule has 0 aromatic rings. The number of amides is 3. The minimum Gasteiger partial charge on any atom is -0.326 e. The molecule has 2 fully saturated rings. The van der Waals surface area contributed by atoms with Crippen molar-refractivity contribution >= 4 is 11.9 Å². The molecule has 0 unspecified atom stereocenters. The lowest BCUT2D eigenvalue weighted by Crippen LogP contribution is -2.40. The zero-order valence-electron chi connectivity index (χ0n) is 9.74. The summed E-state index contributed by atoms with van der Waals surface area (Å²) in [5, 5.41) is 2.74. The maximum absolute atomic E-state index is 11.9. The van der Waals surface area contributed by atoms with Crippen LogP contribution >= 0.6 is 0 Å². The van der Waals surface area contributed by atoms with Crippen LogP contribution in [0.25, 0.3) is 0 Å². The second kappa shape index (κ2) is 4.82. The van der Waals surface area contributed by atoms with E-state index >= 15 is 0 Å². The zero-order chi connectivity index (χ0) is 11.5. The average Bonchev–Trinajstić information content (AvgIpc) is 2.84. The standard InChI is InChI=1S/C11H19N3O2/c1-2-5-9-10(15)14(11(16)12-9)8-13-6-3-4-7-13/h9H,2-8H2,1H3,(H,12,16)/t9-/m1/s1. The molecule has 0 aliphatic carbocycles. The van der Waals surface area contributed by atoms with E-state index in [1.165, 1.54) is 17.7 Å². The molecule has 0 aromatic heterocycles. The number of urea groups is 1. The van der Waals surface area contributed by atoms with Gasteiger partial charge in [-0.15, -0.1) is 0 Å². The highest BCUT2D eigenvalue weighted by Crippen LogP contribution is 2.14. The molecule has 2 rings (SSSR count). The Morgan fingerprint density at radius 3 is 2.62 bits per heavy atom. The summed E-state index contributed by atoms with van der Waals surface area (Å²) in [7, 11) is 0. The van der Waals surface area contributed by atoms with Gasteiger partial charge < -0.3 is 5.32 Å². The molecule has 0 aromatic carbocycles. The number of rotatable bonds is 4. The van der Waals surface area contributed by atoms with Gasteiger partial charge in [0.25, 0.3) is 5.91 Å². The van der Waals surface area contributed by atoms with Crippen LogP contribution in [-0.2, 0) is 4.79 Å². The molecule has 0 spiro atoms. The summed E-state index contributed by atoms with van der Waals surface area (Å²) in [6.45, 7) is 4.47. The van der Waals surface area contributed by atoms with E-state index in [2.05, 4.69) is 10.2 Å². The number of nitrogens with one attached hydrogen (secondary N) is 1. The van der Waals surface area contributed by atoms with Crippen molar-refractivity contribution in [2.45, 2.75) is 38.6 Å². The fourth-order valence-electron chi connectivity index (χ4n) is 2.32. The predicted molar refractivity (Wildman–Crippen MR) is 59.7 cm³/mol. The van der Waals surface area contributed by atoms with Gasteiger partial charge in [-0.25, -0.2) is 9.69 Å². The van der Waals surface area contributed by atoms with Crippen LogP contribution in [0.15, 0.2) is 0 Å². The Kier molecular flexibility index (Phi) is 3.43. The zero-order valence-corrected chi connectivity index (χ0v) is 9.74. The molecule has 2 aliphatic heterocycles. The van der Waals surface area contributed by atoms with Gasteiger partial charge in [0.2, 0.25) is 0 Å². The summed E-state index contributed by atoms with van der Waals surface area (Å²) >= 11 is 0. The maximum Gasteiger partial charge on any atom is 0.325 e. The summed E-state index contributed by atoms with van der Waals surface area (Å²) in [6.07, 6.45) is 3.99. The summed E-state index contributed by atoms with van der Waals surface area (Å²) < 4.78 is 0. The minimum atomic E-state index is -0.292. The summed E-state index contributed by atoms with van der Waals surface area (Å²) in [5.41, 5.74) is 0. The first-order chi connectivity index (χ1) is 7.72. The number of hydrogen-bond acceptors (Lipinski definition) is 3. The molecule has 0 radical (unpaired) electrons. The first-order valence-electron chi connectivity index (χ1n) is 6.06. The van der Waals surface area contributed by atoms with Crippen molar-refractivity contribution in [3.8, 4) is 0 Å². The molecule has 0 saturated carbocycles. The molecule has 1 atom stereocenters. The molecule has 2 heterocycles. The van der Waals surface area contributed by atoms with Gasteiger partial charge in [0, 0.05) is 0 Å². The molecule has 2 aliphatic rings. The van der Waals surface area contributed by atoms with Crippen LogP contribution in [0.4, 0.5) is 4.79 Å². The molecule has 90 valence electrons. The monoisotopic (exact) mass is 225 g/mol. The normalized spacial score (nSPS) is 26.6. The van der Waals surface area contributed by atoms with E-state index in [0.29, 0.717) is 6.67 Å². The maximum atomic E-state index is 11.9. The highest BCUT2D eigenvalue weighted by molar-refractivity contribution is 6.04. The van der Waals surface area contributed by atoms with Gasteiger partial charge >= 0.3 is 6.03 Å². The third-order valence-corrected chi connectivity index (χ3v) is 3.22. The van der Waals surface area contributed by atoms with E-state index in [4.69, 9.17) is 0 Å². The van der Waals surface area contributed by atoms with E-state index in [-0.39, 0.29) is 18.0 Å². The topological polar surface area (TPSA) is 52.7 Å². The van der Waals surface area contributed by atoms with Crippen molar-refractivity contribution in [2.24, 2.45) is 0 Å². The summed E-state index contributed by atoms with van der Waals surface area (Å²) in [6, 6.07) is -0.518. The van der Waals surface area contributed by atoms with Crippen LogP contribution in [0.5, 0.6) is 0 Å². The Morgan fingerprint density at radius 2 is 2.00 bits per heavy atom. The van der Waals surface area contributed by atoms with E-state index in [9.17, 15) is 9.59 Å². The molecule has 1 N–H and O–H groups in total. The van der Waals surface area contributed by atoms with Crippen molar-refractivity contribution in [1.29, 1.82) is 0 Å². The van der Waals surface area contributed by atoms with Gasteiger partial charge in [0.15, 0.2) is 0 Å². The van der Waals surface area contributed by atoms with Gasteiger partial charge in [-0.3, -0.25) is 9.69 Å². The second-order valence-electron chi connectivity index (χ2n) is 4.52. The Hall–Kier alpha value is -1.10. The molecule has 16 heavy (non-hydrogen) atoms. The van der Waals surface area contributed by atoms with Gasteiger partial charge in [-0.2, -0.15) is 0 Å². The largest absolute Gasteiger partial charge is 0.326 e. The minimum absolute atomic E-state index is 0.0567. The lowest BCUT2D eigenvalue weighted by atomic mass is 10.2. The van der Waals surface area contributed by atoms with Crippen molar-refractivity contribution < 1.29 is 9.59 Å². The first-order valence-corrected chi connectivity index (χ1v) is 6.06. The quantitative estimate of drug-likeness (QED) is 0.719. The highest BCUT2D eigenvalue weighted by atomic mass is 16.2. The average molecular weight is 225 g/mol. The van der Waals surface area contributed by atoms with Gasteiger partial charge in [0.1, 0.15) is 6.04 Å². The van der Waals surface area contributed by atoms with Gasteiger partial charge in [0.05, 0.1) is 6.67 Å². The van der Waals surface area contributed by atoms with Gasteiger partial charge in [-0.05, 0) is 32.4 Å². The van der Waals surface area contributed by atoms with Crippen LogP contribution in [0.3, 0.4) is 0 Å². The second-order valence-corrected chi connectivity index (χ2v) is 4.52. The Bertz CT molecular complexity index is 287. The van der Waals surface area contributed by atoms with E-state index in [1.807, 2.05) is 6.92 Å². The number of nitrogens with zero attached hydrogens (tertiary/aromatic N) is 2. The number of carbonyl (C=O) groups excluding carboxylic acids is 2. The third-order valence-electron chi connectivity index (χ3n) is 3.22. The van der Waals surface area contributed by atoms with E-state index in [1.54, 1.807) is 0 Å². The fourth-order valence-corrected chi connectivity index (χ4v) is 2.32. The van der Waals surface area contributed by atoms with Crippen LogP contribution in [0.2, 0.25) is 0 Å². The van der Waals surface area contributed by atoms with Crippen LogP contribution in [0, 0.1) is 0 Å². The molecule has 2 saturated heterocycles. The van der Waals surface area contributed by atoms with Gasteiger partial charge in [-0.1, -0.05) is 13.3 Å². The smallest absolute Gasteiger partial charge is 0.325 e. The van der Waals surface area contributed by atoms with Crippen LogP contribution < -0.4 is 5.32 Å². The number of carbonyl (C=O) groups is 2. The SMILES string of the molecule is CCC[C@H]1NC(=O)N(CN2CCCC2)C1=O. The molecule has 5 nitrogen and oxygen atoms in total. The van der Waals surface area contributed by atoms with Crippen LogP contribution in [0.1, 0.15) is 32.6 Å². The molecule has 0 bridgehead atoms. The van der Waals surface area contributed by atoms with Crippen molar-refractivity contribution in [3.63, 3.8) is 0 Å². The van der Waals surface area contributed by atoms with E-state index in [0.717, 1.165) is 25.9 Å². The van der Waals surface area contributed by atoms with Crippen molar-refractivity contribution in [2.75, 3.05) is 19.8 Å². The molecule has 3 amide bonds. The number of imide groups is 1. The van der Waals surface area contributed by atoms with Crippen LogP contribution in [-0.4, -0.2) is 47.5 Å². The highest BCUT2D eigenvalue weighted by Gasteiger charge is 2.38. The van der Waals surface area contributed by atoms with Crippen molar-refractivity contribution in [3.05, 3.63) is 0 Å². The Labute approximate surface area is 95.8 Å². The summed E-state index contributed by atoms with van der Waals surface area (Å²) in [5.74, 6) is -0.0567. The lowest BCUT2D eigenvalue weighted by Gasteiger charge is -2.20. The number of likely N-dealkylation sites (tertiary alicyclic amines) is 1. The Morgan fingerprint density at radius 1 is 1.31 bits per heavy atom. The van der Waals surface area contributed by atoms with E-state index < -0.39 is 0 Å². The fraction of sp³-hybridized carbons (Fsp3) is 0.818. The predicted octanol–water partition coefficient (Wildman–Crippen LogP) is 0.760.